The Hall–Kier alpha value is -0.560. The van der Waals surface area contributed by atoms with Gasteiger partial charge in [-0.1, -0.05) is 32.2 Å². The number of rotatable bonds is 9. The van der Waals surface area contributed by atoms with Gasteiger partial charge in [0.05, 0.1) is 6.61 Å². The average molecular weight is 343 g/mol. The maximum Gasteiger partial charge on any atom is 0.414 e. The van der Waals surface area contributed by atoms with E-state index in [2.05, 4.69) is 18.7 Å². The van der Waals surface area contributed by atoms with Gasteiger partial charge in [-0.05, 0) is 20.0 Å². The van der Waals surface area contributed by atoms with Crippen molar-refractivity contribution < 1.29 is 28.9 Å². The molecule has 0 aliphatic rings. The molecule has 21 heavy (non-hydrogen) atoms. The van der Waals surface area contributed by atoms with E-state index >= 15 is 0 Å². The number of carboxylic acid groups (broad SMARTS) is 2. The first kappa shape index (κ1) is 22.7. The summed E-state index contributed by atoms with van der Waals surface area (Å²) in [4.78, 5) is 20.5. The zero-order valence-electron chi connectivity index (χ0n) is 13.1. The first-order chi connectivity index (χ1) is 9.76. The molecule has 0 spiro atoms. The summed E-state index contributed by atoms with van der Waals surface area (Å²) in [7, 11) is 0. The lowest BCUT2D eigenvalue weighted by molar-refractivity contribution is -0.159. The van der Waals surface area contributed by atoms with Crippen molar-refractivity contribution >= 4 is 29.9 Å². The van der Waals surface area contributed by atoms with Crippen molar-refractivity contribution in [3.63, 3.8) is 0 Å². The fraction of sp³-hybridized carbons (Fsp3) is 0.833. The van der Waals surface area contributed by atoms with Gasteiger partial charge in [0.2, 0.25) is 0 Å². The van der Waals surface area contributed by atoms with Crippen molar-refractivity contribution in [1.29, 1.82) is 0 Å². The van der Waals surface area contributed by atoms with Gasteiger partial charge in [0.25, 0.3) is 6.57 Å². The predicted molar refractivity (Wildman–Crippen MR) is 85.3 cm³/mol. The minimum absolute atomic E-state index is 0.545. The SMILES string of the molecule is CCOP(=O)(CC)SCCN(CC)CC.O=C(O)C(=O)O. The molecule has 9 heteroatoms. The third-order valence-corrected chi connectivity index (χ3v) is 7.49. The number of nitrogens with zero attached hydrogens (tertiary/aromatic N) is 1. The van der Waals surface area contributed by atoms with Crippen molar-refractivity contribution in [2.45, 2.75) is 27.7 Å². The van der Waals surface area contributed by atoms with Crippen LogP contribution in [0.4, 0.5) is 0 Å². The van der Waals surface area contributed by atoms with Gasteiger partial charge < -0.3 is 19.6 Å². The summed E-state index contributed by atoms with van der Waals surface area (Å²) in [6.07, 6.45) is 0.629. The second-order valence-corrected chi connectivity index (χ2v) is 9.04. The quantitative estimate of drug-likeness (QED) is 0.486. The average Bonchev–Trinajstić information content (AvgIpc) is 2.44. The van der Waals surface area contributed by atoms with Crippen molar-refractivity contribution in [2.24, 2.45) is 0 Å². The summed E-state index contributed by atoms with van der Waals surface area (Å²) < 4.78 is 17.4. The van der Waals surface area contributed by atoms with E-state index in [0.29, 0.717) is 12.8 Å². The van der Waals surface area contributed by atoms with Gasteiger partial charge in [-0.2, -0.15) is 0 Å². The Morgan fingerprint density at radius 3 is 1.86 bits per heavy atom. The number of carbonyl (C=O) groups is 2. The third-order valence-electron chi connectivity index (χ3n) is 2.49. The van der Waals surface area contributed by atoms with E-state index in [9.17, 15) is 4.57 Å². The highest BCUT2D eigenvalue weighted by molar-refractivity contribution is 8.56. The van der Waals surface area contributed by atoms with Crippen LogP contribution < -0.4 is 0 Å². The second-order valence-electron chi connectivity index (χ2n) is 3.82. The molecule has 0 saturated heterocycles. The summed E-state index contributed by atoms with van der Waals surface area (Å²) >= 11 is 1.50. The van der Waals surface area contributed by atoms with Crippen LogP contribution in [0.1, 0.15) is 27.7 Å². The molecule has 0 heterocycles. The topological polar surface area (TPSA) is 104 Å². The van der Waals surface area contributed by atoms with Crippen molar-refractivity contribution in [1.82, 2.24) is 4.90 Å². The molecule has 7 nitrogen and oxygen atoms in total. The summed E-state index contributed by atoms with van der Waals surface area (Å²) in [5.74, 6) is -2.75. The van der Waals surface area contributed by atoms with E-state index in [1.54, 1.807) is 0 Å². The highest BCUT2D eigenvalue weighted by atomic mass is 32.7. The fourth-order valence-electron chi connectivity index (χ4n) is 1.27. The molecular weight excluding hydrogens is 317 g/mol. The number of hydrogen-bond acceptors (Lipinski definition) is 6. The molecule has 0 radical (unpaired) electrons. The lowest BCUT2D eigenvalue weighted by Gasteiger charge is -2.20. The Balaban J connectivity index is 0. The fourth-order valence-corrected chi connectivity index (χ4v) is 4.88. The number of aliphatic carboxylic acids is 2. The van der Waals surface area contributed by atoms with Crippen LogP contribution in [-0.2, 0) is 18.7 Å². The summed E-state index contributed by atoms with van der Waals surface area (Å²) in [5, 5.41) is 14.8. The molecule has 0 aliphatic heterocycles. The number of carboxylic acids is 2. The monoisotopic (exact) mass is 343 g/mol. The molecular formula is C12H26NO6PS. The molecule has 0 aromatic rings. The van der Waals surface area contributed by atoms with E-state index in [0.717, 1.165) is 25.4 Å². The Bertz CT molecular complexity index is 337. The largest absolute Gasteiger partial charge is 0.473 e. The van der Waals surface area contributed by atoms with Crippen LogP contribution in [0.2, 0.25) is 0 Å². The van der Waals surface area contributed by atoms with Crippen LogP contribution in [0.3, 0.4) is 0 Å². The minimum Gasteiger partial charge on any atom is -0.473 e. The molecule has 2 N–H and O–H groups in total. The first-order valence-corrected chi connectivity index (χ1v) is 10.2. The molecule has 0 fully saturated rings. The molecule has 0 aromatic heterocycles. The van der Waals surface area contributed by atoms with E-state index in [4.69, 9.17) is 24.3 Å². The van der Waals surface area contributed by atoms with E-state index < -0.39 is 18.5 Å². The van der Waals surface area contributed by atoms with Crippen molar-refractivity contribution in [3.8, 4) is 0 Å². The van der Waals surface area contributed by atoms with E-state index in [1.165, 1.54) is 11.4 Å². The molecule has 1 unspecified atom stereocenters. The van der Waals surface area contributed by atoms with Crippen LogP contribution in [0.5, 0.6) is 0 Å². The molecule has 1 atom stereocenters. The van der Waals surface area contributed by atoms with Gasteiger partial charge >= 0.3 is 11.9 Å². The smallest absolute Gasteiger partial charge is 0.414 e. The molecule has 0 bridgehead atoms. The summed E-state index contributed by atoms with van der Waals surface area (Å²) in [6.45, 7) is 9.39. The minimum atomic E-state index is -2.39. The lowest BCUT2D eigenvalue weighted by atomic mass is 10.5. The highest BCUT2D eigenvalue weighted by Gasteiger charge is 2.20. The van der Waals surface area contributed by atoms with Crippen LogP contribution >= 0.6 is 18.0 Å². The zero-order valence-corrected chi connectivity index (χ0v) is 14.8. The maximum absolute atomic E-state index is 12.1. The van der Waals surface area contributed by atoms with E-state index in [1.807, 2.05) is 13.8 Å². The Morgan fingerprint density at radius 2 is 1.57 bits per heavy atom. The number of hydrogen-bond donors (Lipinski definition) is 2. The normalized spacial score (nSPS) is 13.2. The van der Waals surface area contributed by atoms with Crippen molar-refractivity contribution in [3.05, 3.63) is 0 Å². The van der Waals surface area contributed by atoms with Gasteiger partial charge in [-0.3, -0.25) is 4.57 Å². The lowest BCUT2D eigenvalue weighted by Crippen LogP contribution is -2.25. The van der Waals surface area contributed by atoms with Crippen LogP contribution in [-0.4, -0.2) is 65.2 Å². The molecule has 0 amide bonds. The van der Waals surface area contributed by atoms with Crippen LogP contribution in [0, 0.1) is 0 Å². The van der Waals surface area contributed by atoms with Crippen LogP contribution in [0.25, 0.3) is 0 Å². The second kappa shape index (κ2) is 13.1. The Labute approximate surface area is 130 Å². The van der Waals surface area contributed by atoms with Gasteiger partial charge in [0.15, 0.2) is 0 Å². The third kappa shape index (κ3) is 12.9. The summed E-state index contributed by atoms with van der Waals surface area (Å²) in [6, 6.07) is 0. The standard InChI is InChI=1S/C10H24NO2PS.C2H2O4/c1-5-11(6-2)9-10-15-14(12,8-4)13-7-3;3-1(4)2(5)6/h5-10H2,1-4H3;(H,3,4)(H,5,6). The first-order valence-electron chi connectivity index (χ1n) is 6.82. The molecule has 0 aliphatic carbocycles. The highest BCUT2D eigenvalue weighted by Crippen LogP contribution is 2.58. The van der Waals surface area contributed by atoms with Crippen molar-refractivity contribution in [2.75, 3.05) is 38.2 Å². The Morgan fingerprint density at radius 1 is 1.10 bits per heavy atom. The van der Waals surface area contributed by atoms with Gasteiger partial charge in [-0.25, -0.2) is 9.59 Å². The molecule has 0 saturated carbocycles. The zero-order chi connectivity index (χ0) is 16.9. The summed E-state index contributed by atoms with van der Waals surface area (Å²) in [5.41, 5.74) is 0. The predicted octanol–water partition coefficient (Wildman–Crippen LogP) is 2.47. The molecule has 126 valence electrons. The molecule has 0 rings (SSSR count). The van der Waals surface area contributed by atoms with Gasteiger partial charge in [0, 0.05) is 18.5 Å². The molecule has 0 aromatic carbocycles. The van der Waals surface area contributed by atoms with Crippen LogP contribution in [0.15, 0.2) is 0 Å². The van der Waals surface area contributed by atoms with Gasteiger partial charge in [0.1, 0.15) is 0 Å². The van der Waals surface area contributed by atoms with Gasteiger partial charge in [-0.15, -0.1) is 0 Å². The van der Waals surface area contributed by atoms with E-state index in [-0.39, 0.29) is 0 Å². The maximum atomic E-state index is 12.1. The Kier molecular flexibility index (Phi) is 14.2.